The number of thiol groups is 1. The van der Waals surface area contributed by atoms with E-state index in [0.29, 0.717) is 6.04 Å². The Labute approximate surface area is 99.0 Å². The number of hydrogen-bond acceptors (Lipinski definition) is 3. The summed E-state index contributed by atoms with van der Waals surface area (Å²) in [5.74, 6) is 1.91. The molecule has 2 unspecified atom stereocenters. The highest BCUT2D eigenvalue weighted by molar-refractivity contribution is 7.80. The predicted molar refractivity (Wildman–Crippen MR) is 68.4 cm³/mol. The van der Waals surface area contributed by atoms with E-state index in [4.69, 9.17) is 0 Å². The second-order valence-corrected chi connectivity index (χ2v) is 5.43. The van der Waals surface area contributed by atoms with Crippen LogP contribution in [0.4, 0.5) is 0 Å². The summed E-state index contributed by atoms with van der Waals surface area (Å²) in [5, 5.41) is 7.21. The molecule has 0 aromatic carbocycles. The Balaban J connectivity index is 1.89. The molecule has 1 aliphatic carbocycles. The van der Waals surface area contributed by atoms with E-state index in [9.17, 15) is 0 Å². The van der Waals surface area contributed by atoms with Gasteiger partial charge in [-0.3, -0.25) is 5.32 Å². The van der Waals surface area contributed by atoms with E-state index in [2.05, 4.69) is 23.3 Å². The van der Waals surface area contributed by atoms with Crippen molar-refractivity contribution in [1.82, 2.24) is 10.6 Å². The number of hydrogen-bond donors (Lipinski definition) is 3. The molecular weight excluding hydrogens is 204 g/mol. The van der Waals surface area contributed by atoms with Crippen LogP contribution < -0.4 is 10.6 Å². The van der Waals surface area contributed by atoms with Crippen LogP contribution >= 0.6 is 12.6 Å². The fourth-order valence-corrected chi connectivity index (χ4v) is 3.44. The Morgan fingerprint density at radius 1 is 1.00 bits per heavy atom. The van der Waals surface area contributed by atoms with Gasteiger partial charge in [0.2, 0.25) is 0 Å². The van der Waals surface area contributed by atoms with Crippen molar-refractivity contribution in [2.24, 2.45) is 5.92 Å². The SMILES string of the molecule is SCCC1NCNC1C1CCCCCC1. The van der Waals surface area contributed by atoms with E-state index in [-0.39, 0.29) is 0 Å². The normalized spacial score (nSPS) is 34.2. The lowest BCUT2D eigenvalue weighted by molar-refractivity contribution is 0.316. The van der Waals surface area contributed by atoms with Gasteiger partial charge in [0.1, 0.15) is 0 Å². The van der Waals surface area contributed by atoms with Crippen molar-refractivity contribution < 1.29 is 0 Å². The minimum absolute atomic E-state index is 0.672. The molecule has 1 heterocycles. The maximum atomic E-state index is 4.35. The lowest BCUT2D eigenvalue weighted by Gasteiger charge is -2.27. The lowest BCUT2D eigenvalue weighted by atomic mass is 9.87. The van der Waals surface area contributed by atoms with Crippen LogP contribution in [-0.2, 0) is 0 Å². The fraction of sp³-hybridized carbons (Fsp3) is 1.00. The van der Waals surface area contributed by atoms with Gasteiger partial charge in [0.25, 0.3) is 0 Å². The maximum Gasteiger partial charge on any atom is 0.0459 e. The highest BCUT2D eigenvalue weighted by Gasteiger charge is 2.32. The second kappa shape index (κ2) is 6.12. The standard InChI is InChI=1S/C12H24N2S/c15-8-7-11-12(14-9-13-11)10-5-3-1-2-4-6-10/h10-15H,1-9H2. The summed E-state index contributed by atoms with van der Waals surface area (Å²) >= 11 is 4.35. The zero-order valence-electron chi connectivity index (χ0n) is 9.54. The lowest BCUT2D eigenvalue weighted by Crippen LogP contribution is -2.40. The summed E-state index contributed by atoms with van der Waals surface area (Å²) in [6, 6.07) is 1.39. The van der Waals surface area contributed by atoms with Crippen molar-refractivity contribution in [3.63, 3.8) is 0 Å². The third-order valence-corrected chi connectivity index (χ3v) is 4.24. The molecule has 1 saturated carbocycles. The number of nitrogens with one attached hydrogen (secondary N) is 2. The Hall–Kier alpha value is 0.270. The summed E-state index contributed by atoms with van der Waals surface area (Å²) in [5.41, 5.74) is 0. The molecule has 3 heteroatoms. The van der Waals surface area contributed by atoms with Gasteiger partial charge in [0.15, 0.2) is 0 Å². The molecule has 0 radical (unpaired) electrons. The van der Waals surface area contributed by atoms with Gasteiger partial charge >= 0.3 is 0 Å². The van der Waals surface area contributed by atoms with E-state index >= 15 is 0 Å². The summed E-state index contributed by atoms with van der Waals surface area (Å²) in [7, 11) is 0. The van der Waals surface area contributed by atoms with Crippen molar-refractivity contribution in [1.29, 1.82) is 0 Å². The molecule has 2 N–H and O–H groups in total. The zero-order valence-corrected chi connectivity index (χ0v) is 10.4. The molecule has 15 heavy (non-hydrogen) atoms. The molecule has 2 nitrogen and oxygen atoms in total. The predicted octanol–water partition coefficient (Wildman–Crippen LogP) is 2.16. The summed E-state index contributed by atoms with van der Waals surface area (Å²) in [4.78, 5) is 0. The molecule has 0 aromatic heterocycles. The van der Waals surface area contributed by atoms with Gasteiger partial charge in [-0.2, -0.15) is 12.6 Å². The van der Waals surface area contributed by atoms with Crippen molar-refractivity contribution in [3.8, 4) is 0 Å². The van der Waals surface area contributed by atoms with Gasteiger partial charge < -0.3 is 5.32 Å². The van der Waals surface area contributed by atoms with Crippen molar-refractivity contribution in [3.05, 3.63) is 0 Å². The van der Waals surface area contributed by atoms with Crippen LogP contribution in [0.3, 0.4) is 0 Å². The minimum Gasteiger partial charge on any atom is -0.300 e. The van der Waals surface area contributed by atoms with Crippen molar-refractivity contribution in [2.45, 2.75) is 57.0 Å². The summed E-state index contributed by atoms with van der Waals surface area (Å²) in [6.07, 6.45) is 9.86. The van der Waals surface area contributed by atoms with Gasteiger partial charge in [0.05, 0.1) is 0 Å². The first-order chi connectivity index (χ1) is 7.42. The molecule has 1 saturated heterocycles. The minimum atomic E-state index is 0.672. The van der Waals surface area contributed by atoms with E-state index in [1.54, 1.807) is 0 Å². The van der Waals surface area contributed by atoms with Crippen molar-refractivity contribution in [2.75, 3.05) is 12.4 Å². The van der Waals surface area contributed by atoms with E-state index in [1.807, 2.05) is 0 Å². The first-order valence-electron chi connectivity index (χ1n) is 6.49. The van der Waals surface area contributed by atoms with Gasteiger partial charge in [-0.1, -0.05) is 25.7 Å². The number of rotatable bonds is 3. The second-order valence-electron chi connectivity index (χ2n) is 4.98. The molecule has 1 aliphatic heterocycles. The van der Waals surface area contributed by atoms with Gasteiger partial charge in [0, 0.05) is 18.8 Å². The molecule has 2 atom stereocenters. The first-order valence-corrected chi connectivity index (χ1v) is 7.12. The zero-order chi connectivity index (χ0) is 10.5. The monoisotopic (exact) mass is 228 g/mol. The van der Waals surface area contributed by atoms with Gasteiger partial charge in [-0.25, -0.2) is 0 Å². The quantitative estimate of drug-likeness (QED) is 0.509. The van der Waals surface area contributed by atoms with E-state index < -0.39 is 0 Å². The highest BCUT2D eigenvalue weighted by Crippen LogP contribution is 2.28. The Kier molecular flexibility index (Phi) is 4.79. The van der Waals surface area contributed by atoms with Crippen LogP contribution in [0.2, 0.25) is 0 Å². The Bertz CT molecular complexity index is 178. The van der Waals surface area contributed by atoms with Gasteiger partial charge in [-0.05, 0) is 30.9 Å². The maximum absolute atomic E-state index is 4.35. The molecule has 0 amide bonds. The largest absolute Gasteiger partial charge is 0.300 e. The Morgan fingerprint density at radius 2 is 1.73 bits per heavy atom. The molecule has 2 fully saturated rings. The van der Waals surface area contributed by atoms with Crippen molar-refractivity contribution >= 4 is 12.6 Å². The topological polar surface area (TPSA) is 24.1 Å². The molecule has 0 bridgehead atoms. The van der Waals surface area contributed by atoms with E-state index in [1.165, 1.54) is 44.9 Å². The van der Waals surface area contributed by atoms with Crippen LogP contribution in [0.5, 0.6) is 0 Å². The molecule has 2 aliphatic rings. The highest BCUT2D eigenvalue weighted by atomic mass is 32.1. The molecule has 2 rings (SSSR count). The van der Waals surface area contributed by atoms with Crippen LogP contribution in [-0.4, -0.2) is 24.5 Å². The van der Waals surface area contributed by atoms with Crippen LogP contribution in [0.15, 0.2) is 0 Å². The first kappa shape index (κ1) is 11.7. The van der Waals surface area contributed by atoms with Crippen LogP contribution in [0.1, 0.15) is 44.9 Å². The average molecular weight is 228 g/mol. The third kappa shape index (κ3) is 3.11. The molecule has 88 valence electrons. The van der Waals surface area contributed by atoms with Crippen LogP contribution in [0, 0.1) is 5.92 Å². The van der Waals surface area contributed by atoms with Gasteiger partial charge in [-0.15, -0.1) is 0 Å². The molecule has 0 aromatic rings. The molecule has 0 spiro atoms. The smallest absolute Gasteiger partial charge is 0.0459 e. The summed E-state index contributed by atoms with van der Waals surface area (Å²) in [6.45, 7) is 1.000. The third-order valence-electron chi connectivity index (χ3n) is 3.98. The average Bonchev–Trinajstić information content (AvgIpc) is 2.53. The molecular formula is C12H24N2S. The van der Waals surface area contributed by atoms with E-state index in [0.717, 1.165) is 24.4 Å². The van der Waals surface area contributed by atoms with Crippen LogP contribution in [0.25, 0.3) is 0 Å². The fourth-order valence-electron chi connectivity index (χ4n) is 3.16. The summed E-state index contributed by atoms with van der Waals surface area (Å²) < 4.78 is 0. The Morgan fingerprint density at radius 3 is 2.40 bits per heavy atom.